The number of carboxylic acids is 2. The summed E-state index contributed by atoms with van der Waals surface area (Å²) in [7, 11) is 0. The van der Waals surface area contributed by atoms with E-state index < -0.39 is 33.6 Å². The number of carboxylic acid groups (broad SMARTS) is 2. The Bertz CT molecular complexity index is 3560. The normalized spacial score (nSPS) is 17.8. The van der Waals surface area contributed by atoms with Crippen LogP contribution in [0.5, 0.6) is 34.5 Å². The number of ether oxygens (including phenoxy) is 2. The van der Waals surface area contributed by atoms with Gasteiger partial charge in [0.05, 0.1) is 12.1 Å². The van der Waals surface area contributed by atoms with Crippen LogP contribution >= 0.6 is 0 Å². The van der Waals surface area contributed by atoms with Crippen LogP contribution in [0.1, 0.15) is 265 Å². The van der Waals surface area contributed by atoms with Crippen molar-refractivity contribution in [2.24, 2.45) is 9.98 Å². The Balaban J connectivity index is 1.15. The van der Waals surface area contributed by atoms with Gasteiger partial charge in [-0.1, -0.05) is 213 Å². The lowest BCUT2D eigenvalue weighted by Gasteiger charge is -2.39. The molecule has 0 saturated heterocycles. The van der Waals surface area contributed by atoms with Crippen LogP contribution in [0, 0.1) is 0 Å². The van der Waals surface area contributed by atoms with E-state index in [1.165, 1.54) is 0 Å². The number of nitrogens with zero attached hydrogens (tertiary/aromatic N) is 2. The predicted octanol–water partition coefficient (Wildman–Crippen LogP) is 18.1. The van der Waals surface area contributed by atoms with Crippen molar-refractivity contribution in [2.75, 3.05) is 0 Å². The number of benzene rings is 6. The maximum Gasteiger partial charge on any atom is 0.339 e. The maximum atomic E-state index is 14.8. The molecule has 6 aromatic carbocycles. The van der Waals surface area contributed by atoms with Gasteiger partial charge in [-0.3, -0.25) is 9.98 Å². The molecule has 0 spiro atoms. The molecule has 3 aliphatic rings. The fourth-order valence-electron chi connectivity index (χ4n) is 12.5. The standard InChI is InChI=1S/C76H94N2O8/c1-69(2,3)45-31-49(63-55(35-45)75(19,20)57-37-47(71(7,8)9)33-51(67(81)82)65(57)85-63)41-27-43(61(79)53(29-41)73(13,14)15)39-77-59-25-23-24-26-60(59)78-40-44-28-42(30-54(62(44)80)74(16,17)18)50-32-46(70(4,5)6)36-56-64(50)86-66-52(68(83)84)34-48(72(10,11)12)38-58(66)76(56,21)22/h27-40,59-60,79-80H,23-26H2,1-22H3,(H,81,82)(H,83,84)/p-2/t59-,60-/m0/s1. The average molecular weight is 1160 g/mol. The van der Waals surface area contributed by atoms with E-state index in [9.17, 15) is 30.0 Å². The summed E-state index contributed by atoms with van der Waals surface area (Å²) in [5, 5.41) is 51.2. The summed E-state index contributed by atoms with van der Waals surface area (Å²) >= 11 is 0. The topological polar surface area (TPSA) is 164 Å². The first-order chi connectivity index (χ1) is 39.4. The smallest absolute Gasteiger partial charge is 0.339 e. The molecule has 0 aromatic heterocycles. The molecule has 86 heavy (non-hydrogen) atoms. The Kier molecular flexibility index (Phi) is 15.7. The van der Waals surface area contributed by atoms with Gasteiger partial charge in [0, 0.05) is 56.6 Å². The fourth-order valence-corrected chi connectivity index (χ4v) is 12.5. The minimum atomic E-state index is -1.06. The Morgan fingerprint density at radius 1 is 0.442 bits per heavy atom. The number of fused-ring (bicyclic) bond motifs is 4. The summed E-state index contributed by atoms with van der Waals surface area (Å²) in [5.41, 5.74) is 9.15. The van der Waals surface area contributed by atoms with Crippen molar-refractivity contribution in [1.29, 1.82) is 0 Å². The van der Waals surface area contributed by atoms with E-state index in [2.05, 4.69) is 147 Å². The van der Waals surface area contributed by atoms with Crippen molar-refractivity contribution < 1.29 is 39.5 Å². The molecular weight excluding hydrogens is 1070 g/mol. The third-order valence-electron chi connectivity index (χ3n) is 18.4. The largest absolute Gasteiger partial charge is 0.872 e. The van der Waals surface area contributed by atoms with Gasteiger partial charge in [0.2, 0.25) is 0 Å². The van der Waals surface area contributed by atoms with Crippen molar-refractivity contribution >= 4 is 24.4 Å². The molecule has 2 atom stereocenters. The third kappa shape index (κ3) is 11.7. The van der Waals surface area contributed by atoms with Crippen LogP contribution in [0.25, 0.3) is 22.3 Å². The van der Waals surface area contributed by atoms with Crippen molar-refractivity contribution in [1.82, 2.24) is 0 Å². The molecule has 1 saturated carbocycles. The lowest BCUT2D eigenvalue weighted by molar-refractivity contribution is -0.270. The molecule has 6 aromatic rings. The summed E-state index contributed by atoms with van der Waals surface area (Å²) in [6.45, 7) is 46.3. The van der Waals surface area contributed by atoms with Crippen LogP contribution < -0.4 is 19.7 Å². The summed E-state index contributed by atoms with van der Waals surface area (Å²) in [6, 6.07) is 23.5. The Morgan fingerprint density at radius 3 is 1.01 bits per heavy atom. The molecule has 9 rings (SSSR count). The van der Waals surface area contributed by atoms with E-state index in [4.69, 9.17) is 19.5 Å². The van der Waals surface area contributed by atoms with Crippen molar-refractivity contribution in [3.05, 3.63) is 151 Å². The molecule has 2 heterocycles. The molecule has 1 aliphatic carbocycles. The molecule has 0 amide bonds. The Labute approximate surface area is 512 Å². The predicted molar refractivity (Wildman–Crippen MR) is 347 cm³/mol. The quantitative estimate of drug-likeness (QED) is 0.142. The van der Waals surface area contributed by atoms with Gasteiger partial charge >= 0.3 is 11.9 Å². The summed E-state index contributed by atoms with van der Waals surface area (Å²) < 4.78 is 13.9. The highest BCUT2D eigenvalue weighted by Crippen LogP contribution is 2.57. The molecule has 2 aliphatic heterocycles. The summed E-state index contributed by atoms with van der Waals surface area (Å²) in [4.78, 5) is 36.8. The van der Waals surface area contributed by atoms with E-state index in [1.54, 1.807) is 24.6 Å². The zero-order valence-corrected chi connectivity index (χ0v) is 55.3. The number of aromatic carboxylic acids is 2. The van der Waals surface area contributed by atoms with Gasteiger partial charge in [0.1, 0.15) is 34.1 Å². The molecule has 1 fully saturated rings. The highest BCUT2D eigenvalue weighted by Gasteiger charge is 2.43. The van der Waals surface area contributed by atoms with Gasteiger partial charge in [-0.05, 0) is 137 Å². The lowest BCUT2D eigenvalue weighted by Crippen LogP contribution is -2.28. The van der Waals surface area contributed by atoms with Crippen LogP contribution in [-0.2, 0) is 43.3 Å². The molecule has 0 bridgehead atoms. The SMILES string of the molecule is CC(C)(C)c1cc(C(=O)O)c2c(c1)C(C)(C)c1cc(C(C)(C)C)cc(-c3cc(C=N[C@H]4CCCC[C@@H]4N=Cc4cc(-c5cc(C(C)(C)C)cc6c5Oc5c(C(=O)O)cc(C(C)(C)C)cc5C6(C)C)cc(C(C)(C)C)c4[O-])c([O-])c(C(C)(C)C)c3)c1O2. The number of rotatable bonds is 8. The van der Waals surface area contributed by atoms with Crippen molar-refractivity contribution in [3.63, 3.8) is 0 Å². The second-order valence-corrected chi connectivity index (χ2v) is 32.0. The molecule has 10 heteroatoms. The number of carbonyl (C=O) groups is 2. The third-order valence-corrected chi connectivity index (χ3v) is 18.4. The highest BCUT2D eigenvalue weighted by molar-refractivity contribution is 5.96. The van der Waals surface area contributed by atoms with Crippen molar-refractivity contribution in [3.8, 4) is 56.8 Å². The first-order valence-electron chi connectivity index (χ1n) is 30.8. The molecule has 456 valence electrons. The van der Waals surface area contributed by atoms with Crippen LogP contribution in [-0.4, -0.2) is 46.7 Å². The van der Waals surface area contributed by atoms with Crippen LogP contribution in [0.15, 0.2) is 82.8 Å². The van der Waals surface area contributed by atoms with E-state index >= 15 is 0 Å². The molecule has 10 nitrogen and oxygen atoms in total. The van der Waals surface area contributed by atoms with Gasteiger partial charge in [0.15, 0.2) is 0 Å². The molecule has 0 radical (unpaired) electrons. The van der Waals surface area contributed by atoms with Crippen molar-refractivity contribution in [2.45, 2.75) is 233 Å². The van der Waals surface area contributed by atoms with Crippen LogP contribution in [0.4, 0.5) is 0 Å². The van der Waals surface area contributed by atoms with Gasteiger partial charge < -0.3 is 29.9 Å². The number of hydrogen-bond donors (Lipinski definition) is 2. The Morgan fingerprint density at radius 2 is 0.733 bits per heavy atom. The van der Waals surface area contributed by atoms with Gasteiger partial charge in [-0.15, -0.1) is 0 Å². The zero-order valence-electron chi connectivity index (χ0n) is 55.3. The van der Waals surface area contributed by atoms with Crippen LogP contribution in [0.2, 0.25) is 0 Å². The van der Waals surface area contributed by atoms with E-state index in [0.717, 1.165) is 92.4 Å². The first kappa shape index (κ1) is 63.3. The van der Waals surface area contributed by atoms with E-state index in [-0.39, 0.29) is 56.4 Å². The van der Waals surface area contributed by atoms with Gasteiger partial charge in [-0.2, -0.15) is 0 Å². The van der Waals surface area contributed by atoms with E-state index in [1.807, 2.05) is 65.8 Å². The maximum absolute atomic E-state index is 14.8. The first-order valence-corrected chi connectivity index (χ1v) is 30.8. The second-order valence-electron chi connectivity index (χ2n) is 32.0. The number of aliphatic imine (C=N–C) groups is 2. The minimum Gasteiger partial charge on any atom is -0.872 e. The Hall–Kier alpha value is -7.20. The lowest BCUT2D eigenvalue weighted by atomic mass is 9.70. The fraction of sp³-hybridized carbons (Fsp3) is 0.474. The highest BCUT2D eigenvalue weighted by atomic mass is 16.5. The monoisotopic (exact) mass is 1160 g/mol. The van der Waals surface area contributed by atoms with Gasteiger partial charge in [0.25, 0.3) is 0 Å². The summed E-state index contributed by atoms with van der Waals surface area (Å²) in [6.07, 6.45) is 6.76. The average Bonchev–Trinajstić information content (AvgIpc) is 0.748. The molecular formula is C76H92N2O8-2. The van der Waals surface area contributed by atoms with Gasteiger partial charge in [-0.25, -0.2) is 9.59 Å². The van der Waals surface area contributed by atoms with E-state index in [0.29, 0.717) is 45.3 Å². The summed E-state index contributed by atoms with van der Waals surface area (Å²) in [5.74, 6) is -0.607. The zero-order chi connectivity index (χ0) is 63.7. The van der Waals surface area contributed by atoms with Crippen LogP contribution in [0.3, 0.4) is 0 Å². The second kappa shape index (κ2) is 21.3. The molecule has 2 N–H and O–H groups in total. The number of hydrogen-bond acceptors (Lipinski definition) is 8. The minimum absolute atomic E-state index is 0.107. The molecule has 0 unspecified atom stereocenters.